The minimum atomic E-state index is -1.03. The zero-order valence-electron chi connectivity index (χ0n) is 10.7. The van der Waals surface area contributed by atoms with Crippen LogP contribution < -0.4 is 5.32 Å². The SMILES string of the molecule is O=C1CCC(C(=O)N2CCc3sccc3C2C(=O)O)N1. The molecule has 2 atom stereocenters. The van der Waals surface area contributed by atoms with Gasteiger partial charge in [-0.05, 0) is 29.9 Å². The van der Waals surface area contributed by atoms with E-state index in [9.17, 15) is 19.5 Å². The number of hydrogen-bond acceptors (Lipinski definition) is 4. The van der Waals surface area contributed by atoms with Gasteiger partial charge in [0, 0.05) is 17.8 Å². The number of rotatable bonds is 2. The molecule has 20 heavy (non-hydrogen) atoms. The summed E-state index contributed by atoms with van der Waals surface area (Å²) in [7, 11) is 0. The Morgan fingerprint density at radius 2 is 2.20 bits per heavy atom. The molecule has 6 nitrogen and oxygen atoms in total. The lowest BCUT2D eigenvalue weighted by molar-refractivity contribution is -0.152. The Kier molecular flexibility index (Phi) is 3.21. The number of carbonyl (C=O) groups excluding carboxylic acids is 2. The summed E-state index contributed by atoms with van der Waals surface area (Å²) in [6.07, 6.45) is 1.44. The first-order valence-corrected chi connectivity index (χ1v) is 7.35. The summed E-state index contributed by atoms with van der Waals surface area (Å²) in [5.41, 5.74) is 0.700. The summed E-state index contributed by atoms with van der Waals surface area (Å²) in [5.74, 6) is -1.47. The van der Waals surface area contributed by atoms with Gasteiger partial charge >= 0.3 is 5.97 Å². The largest absolute Gasteiger partial charge is 0.479 e. The Labute approximate surface area is 119 Å². The molecule has 1 saturated heterocycles. The first kappa shape index (κ1) is 13.1. The number of thiophene rings is 1. The Morgan fingerprint density at radius 3 is 2.85 bits per heavy atom. The molecule has 1 aromatic rings. The summed E-state index contributed by atoms with van der Waals surface area (Å²) in [6, 6.07) is 0.255. The van der Waals surface area contributed by atoms with Crippen LogP contribution in [0.1, 0.15) is 29.3 Å². The molecule has 0 bridgehead atoms. The van der Waals surface area contributed by atoms with Crippen molar-refractivity contribution < 1.29 is 19.5 Å². The first-order chi connectivity index (χ1) is 9.58. The zero-order chi connectivity index (χ0) is 14.3. The summed E-state index contributed by atoms with van der Waals surface area (Å²) in [4.78, 5) is 37.6. The molecule has 1 fully saturated rings. The predicted molar refractivity (Wildman–Crippen MR) is 71.3 cm³/mol. The van der Waals surface area contributed by atoms with Crippen molar-refractivity contribution in [2.75, 3.05) is 6.54 Å². The molecule has 0 aliphatic carbocycles. The molecular formula is C13H14N2O4S. The van der Waals surface area contributed by atoms with Gasteiger partial charge in [0.15, 0.2) is 6.04 Å². The van der Waals surface area contributed by atoms with Crippen LogP contribution in [0.3, 0.4) is 0 Å². The van der Waals surface area contributed by atoms with Crippen molar-refractivity contribution in [2.24, 2.45) is 0 Å². The number of carbonyl (C=O) groups is 3. The van der Waals surface area contributed by atoms with Crippen molar-refractivity contribution in [1.82, 2.24) is 10.2 Å². The van der Waals surface area contributed by atoms with E-state index in [-0.39, 0.29) is 11.8 Å². The topological polar surface area (TPSA) is 86.7 Å². The fourth-order valence-electron chi connectivity index (χ4n) is 2.82. The van der Waals surface area contributed by atoms with E-state index in [2.05, 4.69) is 5.32 Å². The van der Waals surface area contributed by atoms with E-state index in [0.717, 1.165) is 4.88 Å². The second kappa shape index (κ2) is 4.90. The third kappa shape index (κ3) is 2.07. The number of hydrogen-bond donors (Lipinski definition) is 2. The summed E-state index contributed by atoms with van der Waals surface area (Å²) >= 11 is 1.52. The van der Waals surface area contributed by atoms with Crippen molar-refractivity contribution >= 4 is 29.1 Å². The fourth-order valence-corrected chi connectivity index (χ4v) is 3.72. The van der Waals surface area contributed by atoms with Crippen LogP contribution in [0.15, 0.2) is 11.4 Å². The van der Waals surface area contributed by atoms with E-state index in [1.807, 2.05) is 5.38 Å². The van der Waals surface area contributed by atoms with E-state index in [1.54, 1.807) is 6.07 Å². The molecule has 2 aliphatic rings. The molecule has 0 saturated carbocycles. The lowest BCUT2D eigenvalue weighted by Crippen LogP contribution is -2.50. The predicted octanol–water partition coefficient (Wildman–Crippen LogP) is 0.537. The van der Waals surface area contributed by atoms with Crippen molar-refractivity contribution in [1.29, 1.82) is 0 Å². The lowest BCUT2D eigenvalue weighted by Gasteiger charge is -2.34. The minimum absolute atomic E-state index is 0.150. The van der Waals surface area contributed by atoms with E-state index in [1.165, 1.54) is 16.2 Å². The number of carboxylic acids is 1. The van der Waals surface area contributed by atoms with Crippen LogP contribution in [0, 0.1) is 0 Å². The fraction of sp³-hybridized carbons (Fsp3) is 0.462. The summed E-state index contributed by atoms with van der Waals surface area (Å²) in [6.45, 7) is 0.385. The highest BCUT2D eigenvalue weighted by Gasteiger charge is 2.40. The monoisotopic (exact) mass is 294 g/mol. The second-order valence-corrected chi connectivity index (χ2v) is 5.98. The normalized spacial score (nSPS) is 25.2. The highest BCUT2D eigenvalue weighted by atomic mass is 32.1. The first-order valence-electron chi connectivity index (χ1n) is 6.47. The molecule has 2 aliphatic heterocycles. The molecule has 0 radical (unpaired) electrons. The van der Waals surface area contributed by atoms with Gasteiger partial charge in [-0.25, -0.2) is 4.79 Å². The minimum Gasteiger partial charge on any atom is -0.479 e. The van der Waals surface area contributed by atoms with Crippen molar-refractivity contribution in [2.45, 2.75) is 31.3 Å². The van der Waals surface area contributed by atoms with Gasteiger partial charge < -0.3 is 15.3 Å². The highest BCUT2D eigenvalue weighted by Crippen LogP contribution is 2.34. The zero-order valence-corrected chi connectivity index (χ0v) is 11.5. The van der Waals surface area contributed by atoms with Gasteiger partial charge in [-0.1, -0.05) is 0 Å². The summed E-state index contributed by atoms with van der Waals surface area (Å²) < 4.78 is 0. The lowest BCUT2D eigenvalue weighted by atomic mass is 9.99. The highest BCUT2D eigenvalue weighted by molar-refractivity contribution is 7.10. The van der Waals surface area contributed by atoms with E-state index in [0.29, 0.717) is 31.4 Å². The maximum Gasteiger partial charge on any atom is 0.331 e. The third-order valence-electron chi connectivity index (χ3n) is 3.78. The van der Waals surface area contributed by atoms with Crippen LogP contribution in [0.2, 0.25) is 0 Å². The average molecular weight is 294 g/mol. The van der Waals surface area contributed by atoms with Crippen LogP contribution in [-0.2, 0) is 20.8 Å². The van der Waals surface area contributed by atoms with Gasteiger partial charge in [-0.2, -0.15) is 0 Å². The molecule has 3 rings (SSSR count). The maximum atomic E-state index is 12.4. The van der Waals surface area contributed by atoms with Crippen molar-refractivity contribution in [3.05, 3.63) is 21.9 Å². The third-order valence-corrected chi connectivity index (χ3v) is 4.77. The van der Waals surface area contributed by atoms with Gasteiger partial charge in [-0.15, -0.1) is 11.3 Å². The molecule has 1 aromatic heterocycles. The molecular weight excluding hydrogens is 280 g/mol. The molecule has 106 valence electrons. The second-order valence-electron chi connectivity index (χ2n) is 4.98. The smallest absolute Gasteiger partial charge is 0.331 e. The van der Waals surface area contributed by atoms with Crippen LogP contribution in [0.5, 0.6) is 0 Å². The number of aliphatic carboxylic acids is 1. The van der Waals surface area contributed by atoms with Crippen molar-refractivity contribution in [3.63, 3.8) is 0 Å². The van der Waals surface area contributed by atoms with E-state index >= 15 is 0 Å². The van der Waals surface area contributed by atoms with Crippen molar-refractivity contribution in [3.8, 4) is 0 Å². The van der Waals surface area contributed by atoms with E-state index < -0.39 is 18.1 Å². The molecule has 7 heteroatoms. The van der Waals surface area contributed by atoms with Gasteiger partial charge in [0.05, 0.1) is 0 Å². The Hall–Kier alpha value is -1.89. The molecule has 2 unspecified atom stereocenters. The summed E-state index contributed by atoms with van der Waals surface area (Å²) in [5, 5.41) is 13.9. The van der Waals surface area contributed by atoms with Gasteiger partial charge in [0.2, 0.25) is 11.8 Å². The number of fused-ring (bicyclic) bond motifs is 1. The Bertz CT molecular complexity index is 583. The van der Waals surface area contributed by atoms with Gasteiger partial charge in [0.1, 0.15) is 6.04 Å². The Morgan fingerprint density at radius 1 is 1.40 bits per heavy atom. The molecule has 2 N–H and O–H groups in total. The van der Waals surface area contributed by atoms with Crippen LogP contribution in [0.4, 0.5) is 0 Å². The van der Waals surface area contributed by atoms with Gasteiger partial charge in [-0.3, -0.25) is 9.59 Å². The van der Waals surface area contributed by atoms with Crippen LogP contribution in [-0.4, -0.2) is 40.4 Å². The molecule has 3 heterocycles. The van der Waals surface area contributed by atoms with Crippen LogP contribution in [0.25, 0.3) is 0 Å². The molecule has 0 aromatic carbocycles. The number of nitrogens with one attached hydrogen (secondary N) is 1. The van der Waals surface area contributed by atoms with E-state index in [4.69, 9.17) is 0 Å². The Balaban J connectivity index is 1.87. The maximum absolute atomic E-state index is 12.4. The van der Waals surface area contributed by atoms with Crippen LogP contribution >= 0.6 is 11.3 Å². The average Bonchev–Trinajstić information content (AvgIpc) is 3.04. The standard InChI is InChI=1S/C13H14N2O4S/c16-10-2-1-8(14-10)12(17)15-5-3-9-7(4-6-20-9)11(15)13(18)19/h4,6,8,11H,1-3,5H2,(H,14,16)(H,18,19). The number of amides is 2. The molecule has 0 spiro atoms. The number of nitrogens with zero attached hydrogens (tertiary/aromatic N) is 1. The number of carboxylic acid groups (broad SMARTS) is 1. The van der Waals surface area contributed by atoms with Gasteiger partial charge in [0.25, 0.3) is 0 Å². The quantitative estimate of drug-likeness (QED) is 0.833. The molecule has 2 amide bonds.